The maximum absolute atomic E-state index is 10.6. The van der Waals surface area contributed by atoms with Gasteiger partial charge >= 0.3 is 0 Å². The van der Waals surface area contributed by atoms with Crippen LogP contribution in [0.25, 0.3) is 11.4 Å². The van der Waals surface area contributed by atoms with Crippen molar-refractivity contribution in [3.05, 3.63) is 64.7 Å². The Morgan fingerprint density at radius 3 is 2.43 bits per heavy atom. The highest BCUT2D eigenvalue weighted by molar-refractivity contribution is 7.07. The van der Waals surface area contributed by atoms with Crippen molar-refractivity contribution in [3.8, 4) is 22.3 Å². The maximum atomic E-state index is 10.6. The van der Waals surface area contributed by atoms with Gasteiger partial charge in [0.2, 0.25) is 0 Å². The Kier molecular flexibility index (Phi) is 3.57. The van der Waals surface area contributed by atoms with E-state index in [4.69, 9.17) is 4.74 Å². The van der Waals surface area contributed by atoms with Crippen LogP contribution >= 0.6 is 11.5 Å². The van der Waals surface area contributed by atoms with Gasteiger partial charge in [-0.25, -0.2) is 0 Å². The monoisotopic (exact) mass is 299 g/mol. The molecule has 0 aliphatic carbocycles. The molecule has 0 N–H and O–H groups in total. The van der Waals surface area contributed by atoms with E-state index in [9.17, 15) is 10.1 Å². The van der Waals surface area contributed by atoms with Crippen LogP contribution < -0.4 is 4.74 Å². The summed E-state index contributed by atoms with van der Waals surface area (Å²) in [6.45, 7) is 0. The highest BCUT2D eigenvalue weighted by atomic mass is 32.1. The standard InChI is InChI=1S/C14H9N3O3S/c18-17(19)11-6-8-12(9-7-11)20-14-15-13(16-21-14)10-4-2-1-3-5-10/h1-9H. The fraction of sp³-hybridized carbons (Fsp3) is 0. The van der Waals surface area contributed by atoms with Gasteiger partial charge in [0.05, 0.1) is 4.92 Å². The number of nitro groups is 1. The van der Waals surface area contributed by atoms with E-state index in [2.05, 4.69) is 9.36 Å². The van der Waals surface area contributed by atoms with Gasteiger partial charge in [-0.05, 0) is 12.1 Å². The first-order valence-corrected chi connectivity index (χ1v) is 6.81. The van der Waals surface area contributed by atoms with Gasteiger partial charge in [-0.1, -0.05) is 30.3 Å². The first-order valence-electron chi connectivity index (χ1n) is 6.04. The topological polar surface area (TPSA) is 78.2 Å². The zero-order valence-corrected chi connectivity index (χ0v) is 11.5. The van der Waals surface area contributed by atoms with Crippen molar-refractivity contribution >= 4 is 17.2 Å². The zero-order chi connectivity index (χ0) is 14.7. The molecule has 104 valence electrons. The summed E-state index contributed by atoms with van der Waals surface area (Å²) in [4.78, 5) is 14.4. The van der Waals surface area contributed by atoms with Gasteiger partial charge in [-0.15, -0.1) is 0 Å². The molecule has 0 unspecified atom stereocenters. The lowest BCUT2D eigenvalue weighted by atomic mass is 10.2. The molecule has 0 aliphatic heterocycles. The SMILES string of the molecule is O=[N+]([O-])c1ccc(Oc2nc(-c3ccccc3)ns2)cc1. The van der Waals surface area contributed by atoms with Crippen LogP contribution in [0.1, 0.15) is 0 Å². The zero-order valence-electron chi connectivity index (χ0n) is 10.7. The molecule has 3 aromatic rings. The number of nitro benzene ring substituents is 1. The number of ether oxygens (including phenoxy) is 1. The average molecular weight is 299 g/mol. The molecular formula is C14H9N3O3S. The number of aromatic nitrogens is 2. The van der Waals surface area contributed by atoms with E-state index in [1.807, 2.05) is 30.3 Å². The predicted octanol–water partition coefficient (Wildman–Crippen LogP) is 3.91. The van der Waals surface area contributed by atoms with Crippen LogP contribution in [-0.4, -0.2) is 14.3 Å². The second-order valence-corrected chi connectivity index (χ2v) is 4.82. The van der Waals surface area contributed by atoms with Crippen molar-refractivity contribution in [2.24, 2.45) is 0 Å². The van der Waals surface area contributed by atoms with E-state index in [0.717, 1.165) is 17.1 Å². The number of hydrogen-bond acceptors (Lipinski definition) is 6. The summed E-state index contributed by atoms with van der Waals surface area (Å²) >= 11 is 1.13. The van der Waals surface area contributed by atoms with Crippen LogP contribution in [0.4, 0.5) is 5.69 Å². The number of hydrogen-bond donors (Lipinski definition) is 0. The summed E-state index contributed by atoms with van der Waals surface area (Å²) < 4.78 is 9.76. The summed E-state index contributed by atoms with van der Waals surface area (Å²) in [7, 11) is 0. The average Bonchev–Trinajstić information content (AvgIpc) is 2.97. The van der Waals surface area contributed by atoms with E-state index < -0.39 is 4.92 Å². The molecule has 0 radical (unpaired) electrons. The quantitative estimate of drug-likeness (QED) is 0.539. The molecule has 0 saturated carbocycles. The van der Waals surface area contributed by atoms with E-state index in [-0.39, 0.29) is 5.69 Å². The highest BCUT2D eigenvalue weighted by Gasteiger charge is 2.09. The number of benzene rings is 2. The Morgan fingerprint density at radius 1 is 1.05 bits per heavy atom. The Morgan fingerprint density at radius 2 is 1.76 bits per heavy atom. The van der Waals surface area contributed by atoms with Crippen LogP contribution in [0, 0.1) is 10.1 Å². The minimum atomic E-state index is -0.456. The third kappa shape index (κ3) is 3.03. The molecule has 6 nitrogen and oxygen atoms in total. The molecule has 0 bridgehead atoms. The van der Waals surface area contributed by atoms with Gasteiger partial charge in [0.25, 0.3) is 10.9 Å². The van der Waals surface area contributed by atoms with Crippen LogP contribution in [0.15, 0.2) is 54.6 Å². The summed E-state index contributed by atoms with van der Waals surface area (Å²) in [5, 5.41) is 11.0. The number of nitrogens with zero attached hydrogens (tertiary/aromatic N) is 3. The first-order chi connectivity index (χ1) is 10.2. The molecule has 1 heterocycles. The van der Waals surface area contributed by atoms with Crippen molar-refractivity contribution in [1.82, 2.24) is 9.36 Å². The van der Waals surface area contributed by atoms with Crippen molar-refractivity contribution in [2.75, 3.05) is 0 Å². The Labute approximate surface area is 124 Å². The van der Waals surface area contributed by atoms with Crippen molar-refractivity contribution < 1.29 is 9.66 Å². The summed E-state index contributed by atoms with van der Waals surface area (Å²) in [5.74, 6) is 1.08. The third-order valence-corrected chi connectivity index (χ3v) is 3.29. The minimum Gasteiger partial charge on any atom is -0.430 e. The Hall–Kier alpha value is -2.80. The van der Waals surface area contributed by atoms with Crippen LogP contribution in [0.3, 0.4) is 0 Å². The number of rotatable bonds is 4. The van der Waals surface area contributed by atoms with E-state index in [1.54, 1.807) is 0 Å². The molecule has 2 aromatic carbocycles. The summed E-state index contributed by atoms with van der Waals surface area (Å²) in [6, 6.07) is 15.4. The molecule has 1 aromatic heterocycles. The second-order valence-electron chi connectivity index (χ2n) is 4.10. The molecule has 21 heavy (non-hydrogen) atoms. The smallest absolute Gasteiger partial charge is 0.299 e. The largest absolute Gasteiger partial charge is 0.430 e. The van der Waals surface area contributed by atoms with Crippen LogP contribution in [0.2, 0.25) is 0 Å². The van der Waals surface area contributed by atoms with Crippen LogP contribution in [-0.2, 0) is 0 Å². The Bertz CT molecular complexity index is 757. The van der Waals surface area contributed by atoms with Gasteiger partial charge in [-0.2, -0.15) is 9.36 Å². The van der Waals surface area contributed by atoms with Gasteiger partial charge in [0.15, 0.2) is 5.82 Å². The lowest BCUT2D eigenvalue weighted by Crippen LogP contribution is -1.88. The van der Waals surface area contributed by atoms with E-state index in [0.29, 0.717) is 16.8 Å². The van der Waals surface area contributed by atoms with Crippen molar-refractivity contribution in [1.29, 1.82) is 0 Å². The molecule has 7 heteroatoms. The highest BCUT2D eigenvalue weighted by Crippen LogP contribution is 2.27. The number of non-ortho nitro benzene ring substituents is 1. The minimum absolute atomic E-state index is 0.0181. The van der Waals surface area contributed by atoms with Crippen molar-refractivity contribution in [3.63, 3.8) is 0 Å². The van der Waals surface area contributed by atoms with E-state index >= 15 is 0 Å². The van der Waals surface area contributed by atoms with Gasteiger partial charge in [-0.3, -0.25) is 10.1 Å². The molecular weight excluding hydrogens is 290 g/mol. The normalized spacial score (nSPS) is 10.3. The van der Waals surface area contributed by atoms with Gasteiger partial charge in [0, 0.05) is 29.2 Å². The van der Waals surface area contributed by atoms with Gasteiger partial charge in [0.1, 0.15) is 5.75 Å². The summed E-state index contributed by atoms with van der Waals surface area (Å²) in [6.07, 6.45) is 0. The molecule has 0 aliphatic rings. The van der Waals surface area contributed by atoms with Crippen molar-refractivity contribution in [2.45, 2.75) is 0 Å². The predicted molar refractivity (Wildman–Crippen MR) is 78.5 cm³/mol. The molecule has 0 saturated heterocycles. The molecule has 0 fully saturated rings. The fourth-order valence-electron chi connectivity index (χ4n) is 1.69. The van der Waals surface area contributed by atoms with E-state index in [1.165, 1.54) is 24.3 Å². The first kappa shape index (κ1) is 13.2. The molecule has 3 rings (SSSR count). The fourth-order valence-corrected chi connectivity index (χ4v) is 2.26. The van der Waals surface area contributed by atoms with Crippen LogP contribution in [0.5, 0.6) is 10.9 Å². The molecule has 0 amide bonds. The lowest BCUT2D eigenvalue weighted by molar-refractivity contribution is -0.384. The third-order valence-electron chi connectivity index (χ3n) is 2.69. The summed E-state index contributed by atoms with van der Waals surface area (Å²) in [5.41, 5.74) is 0.928. The molecule has 0 atom stereocenters. The molecule has 0 spiro atoms. The van der Waals surface area contributed by atoms with Gasteiger partial charge < -0.3 is 4.74 Å². The Balaban J connectivity index is 1.77. The maximum Gasteiger partial charge on any atom is 0.299 e. The lowest BCUT2D eigenvalue weighted by Gasteiger charge is -1.99. The second kappa shape index (κ2) is 5.68.